The minimum absolute atomic E-state index is 0.0474. The lowest BCUT2D eigenvalue weighted by Gasteiger charge is -2.31. The van der Waals surface area contributed by atoms with E-state index in [1.807, 2.05) is 0 Å². The number of nitro groups is 1. The van der Waals surface area contributed by atoms with Crippen molar-refractivity contribution in [2.75, 3.05) is 13.1 Å². The van der Waals surface area contributed by atoms with Crippen molar-refractivity contribution >= 4 is 29.0 Å². The summed E-state index contributed by atoms with van der Waals surface area (Å²) in [6.07, 6.45) is 1.19. The lowest BCUT2D eigenvalue weighted by molar-refractivity contribution is -0.384. The standard InChI is InChI=1S/C19H17ClN2O4/c20-16-5-1-13(2-6-16)18(23)14-9-11-21(12-10-14)19(24)15-3-7-17(8-4-15)22(25)26/h1-8,14H,9-12H2. The summed E-state index contributed by atoms with van der Waals surface area (Å²) in [4.78, 5) is 36.9. The molecule has 0 radical (unpaired) electrons. The van der Waals surface area contributed by atoms with E-state index < -0.39 is 4.92 Å². The van der Waals surface area contributed by atoms with Crippen LogP contribution in [0.5, 0.6) is 0 Å². The van der Waals surface area contributed by atoms with Gasteiger partial charge in [0.2, 0.25) is 0 Å². The van der Waals surface area contributed by atoms with Crippen LogP contribution in [0.1, 0.15) is 33.6 Å². The first kappa shape index (κ1) is 18.1. The summed E-state index contributed by atoms with van der Waals surface area (Å²) < 4.78 is 0. The molecule has 134 valence electrons. The molecule has 1 saturated heterocycles. The summed E-state index contributed by atoms with van der Waals surface area (Å²) in [6, 6.07) is 12.4. The number of rotatable bonds is 4. The van der Waals surface area contributed by atoms with Gasteiger partial charge >= 0.3 is 0 Å². The molecular weight excluding hydrogens is 356 g/mol. The van der Waals surface area contributed by atoms with Crippen LogP contribution in [0.3, 0.4) is 0 Å². The minimum Gasteiger partial charge on any atom is -0.339 e. The van der Waals surface area contributed by atoms with Crippen molar-refractivity contribution in [1.29, 1.82) is 0 Å². The zero-order chi connectivity index (χ0) is 18.7. The number of amides is 1. The van der Waals surface area contributed by atoms with E-state index in [-0.39, 0.29) is 23.3 Å². The molecule has 1 amide bonds. The predicted molar refractivity (Wildman–Crippen MR) is 97.5 cm³/mol. The second-order valence-corrected chi connectivity index (χ2v) is 6.68. The molecule has 0 unspecified atom stereocenters. The van der Waals surface area contributed by atoms with Gasteiger partial charge in [0.25, 0.3) is 11.6 Å². The summed E-state index contributed by atoms with van der Waals surface area (Å²) in [6.45, 7) is 0.972. The number of ketones is 1. The molecule has 0 N–H and O–H groups in total. The van der Waals surface area contributed by atoms with Gasteiger partial charge in [0.15, 0.2) is 5.78 Å². The van der Waals surface area contributed by atoms with E-state index in [4.69, 9.17) is 11.6 Å². The van der Waals surface area contributed by atoms with Crippen LogP contribution in [0.25, 0.3) is 0 Å². The third kappa shape index (κ3) is 3.91. The van der Waals surface area contributed by atoms with Crippen LogP contribution in [-0.4, -0.2) is 34.6 Å². The van der Waals surface area contributed by atoms with Gasteiger partial charge in [-0.05, 0) is 49.2 Å². The fourth-order valence-electron chi connectivity index (χ4n) is 3.10. The Bertz CT molecular complexity index is 826. The SMILES string of the molecule is O=C(c1ccc(Cl)cc1)C1CCN(C(=O)c2ccc([N+](=O)[O-])cc2)CC1. The van der Waals surface area contributed by atoms with Gasteiger partial charge < -0.3 is 4.90 Å². The molecule has 2 aromatic carbocycles. The van der Waals surface area contributed by atoms with Crippen LogP contribution in [0.4, 0.5) is 5.69 Å². The van der Waals surface area contributed by atoms with Gasteiger partial charge in [0.1, 0.15) is 0 Å². The second kappa shape index (κ2) is 7.66. The number of piperidine rings is 1. The number of Topliss-reactive ketones (excluding diaryl/α,β-unsaturated/α-hetero) is 1. The van der Waals surface area contributed by atoms with Crippen molar-refractivity contribution in [1.82, 2.24) is 4.90 Å². The maximum atomic E-state index is 12.5. The first-order valence-corrected chi connectivity index (χ1v) is 8.67. The van der Waals surface area contributed by atoms with Gasteiger partial charge in [0, 0.05) is 47.3 Å². The Morgan fingerprint density at radius 2 is 1.50 bits per heavy atom. The number of nitro benzene ring substituents is 1. The van der Waals surface area contributed by atoms with Crippen molar-refractivity contribution in [2.24, 2.45) is 5.92 Å². The van der Waals surface area contributed by atoms with Gasteiger partial charge in [-0.1, -0.05) is 11.6 Å². The Morgan fingerprint density at radius 3 is 2.04 bits per heavy atom. The number of non-ortho nitro benzene ring substituents is 1. The molecule has 26 heavy (non-hydrogen) atoms. The highest BCUT2D eigenvalue weighted by atomic mass is 35.5. The Balaban J connectivity index is 1.60. The molecule has 2 aromatic rings. The number of likely N-dealkylation sites (tertiary alicyclic amines) is 1. The average molecular weight is 373 g/mol. The summed E-state index contributed by atoms with van der Waals surface area (Å²) in [7, 11) is 0. The van der Waals surface area contributed by atoms with Gasteiger partial charge in [0.05, 0.1) is 4.92 Å². The van der Waals surface area contributed by atoms with Crippen LogP contribution in [0.2, 0.25) is 5.02 Å². The number of benzene rings is 2. The smallest absolute Gasteiger partial charge is 0.269 e. The maximum Gasteiger partial charge on any atom is 0.269 e. The molecule has 0 aliphatic carbocycles. The number of nitrogens with zero attached hydrogens (tertiary/aromatic N) is 2. The van der Waals surface area contributed by atoms with Crippen molar-refractivity contribution in [3.63, 3.8) is 0 Å². The summed E-state index contributed by atoms with van der Waals surface area (Å²) in [5.74, 6) is -0.210. The largest absolute Gasteiger partial charge is 0.339 e. The van der Waals surface area contributed by atoms with Crippen molar-refractivity contribution in [2.45, 2.75) is 12.8 Å². The Hall–Kier alpha value is -2.73. The normalized spacial score (nSPS) is 14.9. The first-order chi connectivity index (χ1) is 12.5. The molecular formula is C19H17ClN2O4. The van der Waals surface area contributed by atoms with Gasteiger partial charge in [-0.2, -0.15) is 0 Å². The van der Waals surface area contributed by atoms with E-state index in [0.717, 1.165) is 0 Å². The van der Waals surface area contributed by atoms with Crippen molar-refractivity contribution < 1.29 is 14.5 Å². The zero-order valence-corrected chi connectivity index (χ0v) is 14.7. The highest BCUT2D eigenvalue weighted by molar-refractivity contribution is 6.30. The topological polar surface area (TPSA) is 80.5 Å². The van der Waals surface area contributed by atoms with Crippen LogP contribution < -0.4 is 0 Å². The molecule has 0 spiro atoms. The quantitative estimate of drug-likeness (QED) is 0.461. The Labute approximate surface area is 155 Å². The number of carbonyl (C=O) groups is 2. The number of halogens is 1. The molecule has 1 fully saturated rings. The van der Waals surface area contributed by atoms with Crippen LogP contribution in [0.15, 0.2) is 48.5 Å². The fourth-order valence-corrected chi connectivity index (χ4v) is 3.23. The van der Waals surface area contributed by atoms with E-state index in [1.165, 1.54) is 24.3 Å². The molecule has 7 heteroatoms. The summed E-state index contributed by atoms with van der Waals surface area (Å²) in [5.41, 5.74) is 1.00. The molecule has 1 heterocycles. The fraction of sp³-hybridized carbons (Fsp3) is 0.263. The lowest BCUT2D eigenvalue weighted by atomic mass is 9.88. The molecule has 3 rings (SSSR count). The Morgan fingerprint density at radius 1 is 0.962 bits per heavy atom. The molecule has 6 nitrogen and oxygen atoms in total. The van der Waals surface area contributed by atoms with E-state index in [0.29, 0.717) is 42.1 Å². The highest BCUT2D eigenvalue weighted by Crippen LogP contribution is 2.24. The lowest BCUT2D eigenvalue weighted by Crippen LogP contribution is -2.40. The summed E-state index contributed by atoms with van der Waals surface area (Å²) in [5, 5.41) is 11.3. The number of hydrogen-bond acceptors (Lipinski definition) is 4. The van der Waals surface area contributed by atoms with Crippen molar-refractivity contribution in [3.05, 3.63) is 74.8 Å². The van der Waals surface area contributed by atoms with Gasteiger partial charge in [-0.15, -0.1) is 0 Å². The van der Waals surface area contributed by atoms with E-state index in [2.05, 4.69) is 0 Å². The van der Waals surface area contributed by atoms with Gasteiger partial charge in [-0.3, -0.25) is 19.7 Å². The average Bonchev–Trinajstić information content (AvgIpc) is 2.67. The van der Waals surface area contributed by atoms with Crippen LogP contribution in [0, 0.1) is 16.0 Å². The molecule has 1 aliphatic heterocycles. The van der Waals surface area contributed by atoms with Crippen molar-refractivity contribution in [3.8, 4) is 0 Å². The third-order valence-corrected chi connectivity index (χ3v) is 4.86. The van der Waals surface area contributed by atoms with Crippen LogP contribution >= 0.6 is 11.6 Å². The minimum atomic E-state index is -0.498. The molecule has 0 saturated carbocycles. The van der Waals surface area contributed by atoms with Crippen LogP contribution in [-0.2, 0) is 0 Å². The van der Waals surface area contributed by atoms with E-state index in [9.17, 15) is 19.7 Å². The molecule has 0 aromatic heterocycles. The van der Waals surface area contributed by atoms with Gasteiger partial charge in [-0.25, -0.2) is 0 Å². The predicted octanol–water partition coefficient (Wildman–Crippen LogP) is 3.98. The monoisotopic (exact) mass is 372 g/mol. The van der Waals surface area contributed by atoms with E-state index in [1.54, 1.807) is 29.2 Å². The zero-order valence-electron chi connectivity index (χ0n) is 13.9. The maximum absolute atomic E-state index is 12.5. The number of hydrogen-bond donors (Lipinski definition) is 0. The second-order valence-electron chi connectivity index (χ2n) is 6.24. The third-order valence-electron chi connectivity index (χ3n) is 4.61. The summed E-state index contributed by atoms with van der Waals surface area (Å²) >= 11 is 5.85. The molecule has 1 aliphatic rings. The molecule has 0 bridgehead atoms. The highest BCUT2D eigenvalue weighted by Gasteiger charge is 2.28. The van der Waals surface area contributed by atoms with E-state index >= 15 is 0 Å². The molecule has 0 atom stereocenters. The number of carbonyl (C=O) groups excluding carboxylic acids is 2. The first-order valence-electron chi connectivity index (χ1n) is 8.29. The Kier molecular flexibility index (Phi) is 5.32.